The molecule has 1 aromatic rings. The van der Waals surface area contributed by atoms with Gasteiger partial charge in [-0.15, -0.1) is 11.3 Å². The van der Waals surface area contributed by atoms with Crippen molar-refractivity contribution in [2.24, 2.45) is 0 Å². The zero-order valence-electron chi connectivity index (χ0n) is 12.6. The van der Waals surface area contributed by atoms with Crippen molar-refractivity contribution in [3.63, 3.8) is 0 Å². The number of thiazole rings is 1. The highest BCUT2D eigenvalue weighted by atomic mass is 32.1. The lowest BCUT2D eigenvalue weighted by atomic mass is 10.3. The van der Waals surface area contributed by atoms with Crippen LogP contribution in [-0.2, 0) is 11.3 Å². The van der Waals surface area contributed by atoms with E-state index in [0.717, 1.165) is 30.3 Å². The van der Waals surface area contributed by atoms with Crippen LogP contribution in [0.4, 0.5) is 8.78 Å². The first-order chi connectivity index (χ1) is 10.1. The molecule has 0 aliphatic carbocycles. The maximum absolute atomic E-state index is 12.3. The molecule has 4 nitrogen and oxygen atoms in total. The molecule has 2 rings (SSSR count). The van der Waals surface area contributed by atoms with E-state index in [1.165, 1.54) is 0 Å². The number of rotatable bonds is 7. The quantitative estimate of drug-likeness (QED) is 0.772. The van der Waals surface area contributed by atoms with Gasteiger partial charge in [-0.1, -0.05) is 0 Å². The summed E-state index contributed by atoms with van der Waals surface area (Å²) in [6, 6.07) is 0. The van der Waals surface area contributed by atoms with Crippen LogP contribution >= 0.6 is 11.3 Å². The summed E-state index contributed by atoms with van der Waals surface area (Å²) in [6.07, 6.45) is -2.20. The summed E-state index contributed by atoms with van der Waals surface area (Å²) in [5.74, 6) is 0. The molecule has 0 amide bonds. The molecule has 1 aliphatic heterocycles. The molecule has 21 heavy (non-hydrogen) atoms. The van der Waals surface area contributed by atoms with E-state index in [1.54, 1.807) is 11.3 Å². The van der Waals surface area contributed by atoms with E-state index in [1.807, 2.05) is 18.7 Å². The van der Waals surface area contributed by atoms with Crippen LogP contribution in [0.3, 0.4) is 0 Å². The number of ether oxygens (including phenoxy) is 1. The van der Waals surface area contributed by atoms with Crippen molar-refractivity contribution in [1.82, 2.24) is 14.8 Å². The SMILES string of the molecule is CCO[C@@H](C)c1nc(CN2CCN(CC(F)F)CC2)cs1. The normalized spacial score (nSPS) is 19.3. The molecule has 120 valence electrons. The second-order valence-corrected chi connectivity index (χ2v) is 6.13. The van der Waals surface area contributed by atoms with E-state index in [9.17, 15) is 8.78 Å². The Kier molecular flexibility index (Phi) is 6.47. The van der Waals surface area contributed by atoms with Gasteiger partial charge in [-0.05, 0) is 13.8 Å². The summed E-state index contributed by atoms with van der Waals surface area (Å²) in [4.78, 5) is 8.70. The third kappa shape index (κ3) is 5.25. The van der Waals surface area contributed by atoms with Gasteiger partial charge in [0.05, 0.1) is 12.2 Å². The zero-order chi connectivity index (χ0) is 15.2. The maximum atomic E-state index is 12.3. The third-order valence-corrected chi connectivity index (χ3v) is 4.64. The molecule has 0 spiro atoms. The second kappa shape index (κ2) is 8.12. The van der Waals surface area contributed by atoms with Gasteiger partial charge in [0.2, 0.25) is 0 Å². The molecule has 0 N–H and O–H groups in total. The first kappa shape index (κ1) is 16.7. The van der Waals surface area contributed by atoms with Gasteiger partial charge in [-0.25, -0.2) is 13.8 Å². The second-order valence-electron chi connectivity index (χ2n) is 5.24. The number of hydrogen-bond acceptors (Lipinski definition) is 5. The van der Waals surface area contributed by atoms with E-state index in [0.29, 0.717) is 19.7 Å². The molecule has 0 bridgehead atoms. The van der Waals surface area contributed by atoms with E-state index < -0.39 is 6.43 Å². The topological polar surface area (TPSA) is 28.6 Å². The van der Waals surface area contributed by atoms with Crippen LogP contribution in [0.25, 0.3) is 0 Å². The Hall–Kier alpha value is -0.630. The molecule has 7 heteroatoms. The van der Waals surface area contributed by atoms with Gasteiger partial charge in [0.25, 0.3) is 6.43 Å². The van der Waals surface area contributed by atoms with Crippen molar-refractivity contribution in [3.8, 4) is 0 Å². The van der Waals surface area contributed by atoms with Crippen LogP contribution < -0.4 is 0 Å². The van der Waals surface area contributed by atoms with Crippen molar-refractivity contribution >= 4 is 11.3 Å². The molecule has 0 saturated carbocycles. The van der Waals surface area contributed by atoms with E-state index >= 15 is 0 Å². The van der Waals surface area contributed by atoms with Crippen molar-refractivity contribution in [3.05, 3.63) is 16.1 Å². The van der Waals surface area contributed by atoms with Gasteiger partial charge in [0, 0.05) is 44.7 Å². The lowest BCUT2D eigenvalue weighted by Gasteiger charge is -2.34. The first-order valence-corrected chi connectivity index (χ1v) is 8.25. The molecular formula is C14H23F2N3OS. The van der Waals surface area contributed by atoms with Crippen molar-refractivity contribution in [1.29, 1.82) is 0 Å². The Morgan fingerprint density at radius 1 is 1.29 bits per heavy atom. The predicted molar refractivity (Wildman–Crippen MR) is 79.9 cm³/mol. The van der Waals surface area contributed by atoms with Crippen LogP contribution in [0.15, 0.2) is 5.38 Å². The van der Waals surface area contributed by atoms with Crippen LogP contribution in [0.2, 0.25) is 0 Å². The highest BCUT2D eigenvalue weighted by Crippen LogP contribution is 2.22. The summed E-state index contributed by atoms with van der Waals surface area (Å²) >= 11 is 1.62. The average Bonchev–Trinajstić information content (AvgIpc) is 2.89. The minimum absolute atomic E-state index is 0.0386. The number of alkyl halides is 2. The Morgan fingerprint density at radius 2 is 1.95 bits per heavy atom. The number of hydrogen-bond donors (Lipinski definition) is 0. The summed E-state index contributed by atoms with van der Waals surface area (Å²) in [5.41, 5.74) is 1.05. The first-order valence-electron chi connectivity index (χ1n) is 7.37. The summed E-state index contributed by atoms with van der Waals surface area (Å²) in [7, 11) is 0. The van der Waals surface area contributed by atoms with Crippen LogP contribution in [0.5, 0.6) is 0 Å². The Labute approximate surface area is 128 Å². The average molecular weight is 319 g/mol. The van der Waals surface area contributed by atoms with Crippen LogP contribution in [0, 0.1) is 0 Å². The zero-order valence-corrected chi connectivity index (χ0v) is 13.4. The van der Waals surface area contributed by atoms with E-state index in [-0.39, 0.29) is 12.6 Å². The van der Waals surface area contributed by atoms with Gasteiger partial charge >= 0.3 is 0 Å². The van der Waals surface area contributed by atoms with E-state index in [2.05, 4.69) is 15.3 Å². The molecule has 1 fully saturated rings. The van der Waals surface area contributed by atoms with E-state index in [4.69, 9.17) is 4.74 Å². The molecule has 1 aromatic heterocycles. The standard InChI is InChI=1S/C14H23F2N3OS/c1-3-20-11(2)14-17-12(10-21-14)8-18-4-6-19(7-5-18)9-13(15)16/h10-11,13H,3-9H2,1-2H3/t11-/m0/s1. The fourth-order valence-corrected chi connectivity index (χ4v) is 3.27. The highest BCUT2D eigenvalue weighted by molar-refractivity contribution is 7.09. The number of piperazine rings is 1. The Bertz CT molecular complexity index is 422. The smallest absolute Gasteiger partial charge is 0.251 e. The Morgan fingerprint density at radius 3 is 2.57 bits per heavy atom. The monoisotopic (exact) mass is 319 g/mol. The Balaban J connectivity index is 1.78. The molecule has 0 radical (unpaired) electrons. The third-order valence-electron chi connectivity index (χ3n) is 3.58. The van der Waals surface area contributed by atoms with Gasteiger partial charge in [-0.2, -0.15) is 0 Å². The summed E-state index contributed by atoms with van der Waals surface area (Å²) in [6.45, 7) is 8.40. The summed E-state index contributed by atoms with van der Waals surface area (Å²) < 4.78 is 30.2. The van der Waals surface area contributed by atoms with Crippen LogP contribution in [-0.4, -0.2) is 60.5 Å². The molecule has 0 aromatic carbocycles. The largest absolute Gasteiger partial charge is 0.372 e. The summed E-state index contributed by atoms with van der Waals surface area (Å²) in [5, 5.41) is 3.07. The van der Waals surface area contributed by atoms with Gasteiger partial charge < -0.3 is 4.74 Å². The molecule has 1 aliphatic rings. The van der Waals surface area contributed by atoms with Crippen molar-refractivity contribution in [2.45, 2.75) is 32.9 Å². The molecule has 2 heterocycles. The number of nitrogens with zero attached hydrogens (tertiary/aromatic N) is 3. The van der Waals surface area contributed by atoms with Crippen molar-refractivity contribution in [2.75, 3.05) is 39.3 Å². The molecule has 1 atom stereocenters. The number of aromatic nitrogens is 1. The van der Waals surface area contributed by atoms with Crippen molar-refractivity contribution < 1.29 is 13.5 Å². The van der Waals surface area contributed by atoms with Gasteiger partial charge in [0.1, 0.15) is 11.1 Å². The van der Waals surface area contributed by atoms with Gasteiger partial charge in [0.15, 0.2) is 0 Å². The fraction of sp³-hybridized carbons (Fsp3) is 0.786. The molecular weight excluding hydrogens is 296 g/mol. The minimum Gasteiger partial charge on any atom is -0.372 e. The number of halogens is 2. The fourth-order valence-electron chi connectivity index (χ4n) is 2.46. The highest BCUT2D eigenvalue weighted by Gasteiger charge is 2.20. The van der Waals surface area contributed by atoms with Gasteiger partial charge in [-0.3, -0.25) is 9.80 Å². The molecule has 1 saturated heterocycles. The molecule has 0 unspecified atom stereocenters. The lowest BCUT2D eigenvalue weighted by molar-refractivity contribution is 0.0539. The maximum Gasteiger partial charge on any atom is 0.251 e. The predicted octanol–water partition coefficient (Wildman–Crippen LogP) is 2.62. The van der Waals surface area contributed by atoms with Crippen LogP contribution in [0.1, 0.15) is 30.7 Å². The minimum atomic E-state index is -2.24. The lowest BCUT2D eigenvalue weighted by Crippen LogP contribution is -2.47.